The molecule has 0 radical (unpaired) electrons. The largest absolute Gasteiger partial charge is 0.385 e. The monoisotopic (exact) mass is 632 g/mol. The van der Waals surface area contributed by atoms with Crippen molar-refractivity contribution in [1.29, 1.82) is 0 Å². The third-order valence-electron chi connectivity index (χ3n) is 8.62. The van der Waals surface area contributed by atoms with E-state index in [1.165, 1.54) is 4.68 Å². The molecule has 2 aliphatic heterocycles. The Balaban J connectivity index is 1.04. The van der Waals surface area contributed by atoms with Crippen LogP contribution in [0.2, 0.25) is 0 Å². The number of aliphatic imine (C=N–C) groups is 1. The molecule has 6 rings (SSSR count). The van der Waals surface area contributed by atoms with Gasteiger partial charge in [-0.3, -0.25) is 24.1 Å². The highest BCUT2D eigenvalue weighted by Crippen LogP contribution is 2.33. The topological polar surface area (TPSA) is 124 Å². The molecule has 242 valence electrons. The van der Waals surface area contributed by atoms with Gasteiger partial charge in [-0.15, -0.1) is 0 Å². The van der Waals surface area contributed by atoms with Gasteiger partial charge in [0.1, 0.15) is 11.6 Å². The summed E-state index contributed by atoms with van der Waals surface area (Å²) >= 11 is 0. The lowest BCUT2D eigenvalue weighted by atomic mass is 9.97. The molecule has 11 heteroatoms. The highest BCUT2D eigenvalue weighted by molar-refractivity contribution is 6.15. The maximum absolute atomic E-state index is 13.4. The van der Waals surface area contributed by atoms with Crippen molar-refractivity contribution in [3.05, 3.63) is 101 Å². The van der Waals surface area contributed by atoms with Crippen LogP contribution in [-0.2, 0) is 11.8 Å². The lowest BCUT2D eigenvalue weighted by Gasteiger charge is -2.32. The van der Waals surface area contributed by atoms with Gasteiger partial charge in [-0.25, -0.2) is 0 Å². The fraction of sp³-hybridized carbons (Fsp3) is 0.306. The smallest absolute Gasteiger partial charge is 0.273 e. The normalized spacial score (nSPS) is 16.7. The van der Waals surface area contributed by atoms with Gasteiger partial charge in [-0.05, 0) is 81.0 Å². The van der Waals surface area contributed by atoms with Crippen molar-refractivity contribution >= 4 is 46.6 Å². The predicted molar refractivity (Wildman–Crippen MR) is 185 cm³/mol. The average molecular weight is 633 g/mol. The van der Waals surface area contributed by atoms with Crippen LogP contribution in [0, 0.1) is 6.92 Å². The number of anilines is 3. The number of fused-ring (bicyclic) bond motifs is 1. The van der Waals surface area contributed by atoms with Gasteiger partial charge in [0.05, 0.1) is 11.4 Å². The first-order chi connectivity index (χ1) is 22.7. The summed E-state index contributed by atoms with van der Waals surface area (Å²) in [7, 11) is 3.88. The van der Waals surface area contributed by atoms with E-state index in [2.05, 4.69) is 42.9 Å². The van der Waals surface area contributed by atoms with Gasteiger partial charge in [0.15, 0.2) is 5.78 Å². The molecular weight excluding hydrogens is 592 g/mol. The molecule has 2 amide bonds. The molecule has 2 aliphatic rings. The number of ketones is 1. The van der Waals surface area contributed by atoms with Gasteiger partial charge >= 0.3 is 0 Å². The quantitative estimate of drug-likeness (QED) is 0.124. The number of likely N-dealkylation sites (N-methyl/N-ethyl adjacent to an activating group) is 1. The van der Waals surface area contributed by atoms with Gasteiger partial charge < -0.3 is 25.8 Å². The van der Waals surface area contributed by atoms with Gasteiger partial charge in [-0.2, -0.15) is 5.10 Å². The standard InChI is InChI=1S/C36H40N8O3/c1-24-20-33(43(3)41-24)36(47)39-29-7-4-6-25(21-29)34(45)26-8-13-30-31(35(46)40-32(30)22-26)23-38-28-11-9-27(10-12-28)37-14-5-15-44-18-16-42(2)17-19-44/h4,6-13,20-23,31,37H,5,14-19H2,1-3H3,(H,39,47)(H,40,46). The SMILES string of the molecule is Cc1cc(C(=O)Nc2cccc(C(=O)c3ccc4c(c3)NC(=O)C4C=Nc3ccc(NCCCN4CCN(C)CC4)cc3)c2)n(C)n1. The van der Waals surface area contributed by atoms with Crippen molar-refractivity contribution in [3.63, 3.8) is 0 Å². The molecule has 3 heterocycles. The second-order valence-corrected chi connectivity index (χ2v) is 12.2. The minimum Gasteiger partial charge on any atom is -0.385 e. The Kier molecular flexibility index (Phi) is 9.55. The average Bonchev–Trinajstić information content (AvgIpc) is 3.58. The van der Waals surface area contributed by atoms with Gasteiger partial charge in [-0.1, -0.05) is 24.3 Å². The number of aromatic nitrogens is 2. The van der Waals surface area contributed by atoms with E-state index in [1.807, 2.05) is 31.2 Å². The molecule has 1 fully saturated rings. The number of hydrogen-bond donors (Lipinski definition) is 3. The fourth-order valence-corrected chi connectivity index (χ4v) is 5.93. The second-order valence-electron chi connectivity index (χ2n) is 12.2. The molecule has 4 aromatic rings. The molecule has 0 saturated carbocycles. The van der Waals surface area contributed by atoms with E-state index in [-0.39, 0.29) is 17.6 Å². The van der Waals surface area contributed by atoms with E-state index in [4.69, 9.17) is 0 Å². The Morgan fingerprint density at radius 2 is 1.72 bits per heavy atom. The molecular formula is C36H40N8O3. The molecule has 3 N–H and O–H groups in total. The number of nitrogens with one attached hydrogen (secondary N) is 3. The van der Waals surface area contributed by atoms with Crippen molar-refractivity contribution < 1.29 is 14.4 Å². The second kappa shape index (κ2) is 14.1. The molecule has 0 spiro atoms. The molecule has 11 nitrogen and oxygen atoms in total. The lowest BCUT2D eigenvalue weighted by molar-refractivity contribution is -0.115. The van der Waals surface area contributed by atoms with E-state index in [0.717, 1.165) is 68.3 Å². The lowest BCUT2D eigenvalue weighted by Crippen LogP contribution is -2.44. The first-order valence-corrected chi connectivity index (χ1v) is 15.9. The van der Waals surface area contributed by atoms with E-state index >= 15 is 0 Å². The minimum absolute atomic E-state index is 0.193. The van der Waals surface area contributed by atoms with Crippen LogP contribution >= 0.6 is 0 Å². The summed E-state index contributed by atoms with van der Waals surface area (Å²) in [6, 6.07) is 21.6. The molecule has 1 atom stereocenters. The van der Waals surface area contributed by atoms with Crippen LogP contribution in [0.3, 0.4) is 0 Å². The number of rotatable bonds is 11. The molecule has 1 saturated heterocycles. The number of amides is 2. The third-order valence-corrected chi connectivity index (χ3v) is 8.62. The van der Waals surface area contributed by atoms with E-state index in [1.54, 1.807) is 61.8 Å². The van der Waals surface area contributed by atoms with Crippen molar-refractivity contribution in [2.24, 2.45) is 12.0 Å². The van der Waals surface area contributed by atoms with E-state index < -0.39 is 5.92 Å². The number of carbonyl (C=O) groups excluding carboxylic acids is 3. The molecule has 1 aromatic heterocycles. The molecule has 47 heavy (non-hydrogen) atoms. The summed E-state index contributed by atoms with van der Waals surface area (Å²) in [5, 5.41) is 13.4. The summed E-state index contributed by atoms with van der Waals surface area (Å²) in [5.41, 5.74) is 5.65. The number of aryl methyl sites for hydroxylation is 2. The van der Waals surface area contributed by atoms with Crippen LogP contribution in [0.5, 0.6) is 0 Å². The fourth-order valence-electron chi connectivity index (χ4n) is 5.93. The van der Waals surface area contributed by atoms with Gasteiger partial charge in [0.2, 0.25) is 5.91 Å². The number of hydrogen-bond acceptors (Lipinski definition) is 8. The number of carbonyl (C=O) groups is 3. The number of benzene rings is 3. The Bertz CT molecular complexity index is 1810. The zero-order chi connectivity index (χ0) is 32.9. The summed E-state index contributed by atoms with van der Waals surface area (Å²) in [6.45, 7) is 8.37. The highest BCUT2D eigenvalue weighted by atomic mass is 16.2. The highest BCUT2D eigenvalue weighted by Gasteiger charge is 2.30. The Morgan fingerprint density at radius 3 is 2.47 bits per heavy atom. The van der Waals surface area contributed by atoms with Crippen molar-refractivity contribution in [2.75, 3.05) is 62.3 Å². The Morgan fingerprint density at radius 1 is 0.957 bits per heavy atom. The summed E-state index contributed by atoms with van der Waals surface area (Å²) in [5.74, 6) is -1.29. The zero-order valence-electron chi connectivity index (χ0n) is 27.0. The first kappa shape index (κ1) is 31.8. The minimum atomic E-state index is -0.560. The summed E-state index contributed by atoms with van der Waals surface area (Å²) in [6.07, 6.45) is 2.74. The van der Waals surface area contributed by atoms with Crippen LogP contribution in [-0.4, -0.2) is 89.7 Å². The van der Waals surface area contributed by atoms with Crippen molar-refractivity contribution in [1.82, 2.24) is 19.6 Å². The van der Waals surface area contributed by atoms with Crippen molar-refractivity contribution in [3.8, 4) is 0 Å². The van der Waals surface area contributed by atoms with Gasteiger partial charge in [0, 0.05) is 74.2 Å². The molecule has 1 unspecified atom stereocenters. The zero-order valence-corrected chi connectivity index (χ0v) is 27.0. The third kappa shape index (κ3) is 7.65. The van der Waals surface area contributed by atoms with Crippen LogP contribution in [0.4, 0.5) is 22.7 Å². The van der Waals surface area contributed by atoms with Crippen molar-refractivity contribution in [2.45, 2.75) is 19.3 Å². The molecule has 3 aromatic carbocycles. The number of nitrogens with zero attached hydrogens (tertiary/aromatic N) is 5. The van der Waals surface area contributed by atoms with Crippen LogP contribution in [0.15, 0.2) is 77.8 Å². The van der Waals surface area contributed by atoms with Crippen LogP contribution in [0.25, 0.3) is 0 Å². The summed E-state index contributed by atoms with van der Waals surface area (Å²) in [4.78, 5) is 48.5. The summed E-state index contributed by atoms with van der Waals surface area (Å²) < 4.78 is 1.52. The maximum atomic E-state index is 13.4. The maximum Gasteiger partial charge on any atom is 0.273 e. The Labute approximate surface area is 274 Å². The van der Waals surface area contributed by atoms with Crippen LogP contribution < -0.4 is 16.0 Å². The van der Waals surface area contributed by atoms with Crippen LogP contribution in [0.1, 0.15) is 50.0 Å². The predicted octanol–water partition coefficient (Wildman–Crippen LogP) is 4.70. The molecule has 0 aliphatic carbocycles. The first-order valence-electron chi connectivity index (χ1n) is 15.9. The Hall–Kier alpha value is -5.13. The van der Waals surface area contributed by atoms with E-state index in [0.29, 0.717) is 28.2 Å². The number of piperazine rings is 1. The van der Waals surface area contributed by atoms with E-state index in [9.17, 15) is 14.4 Å². The van der Waals surface area contributed by atoms with Gasteiger partial charge in [0.25, 0.3) is 5.91 Å². The molecule has 0 bridgehead atoms.